The number of carbonyl (C=O) groups excluding carboxylic acids is 2. The molecular formula is C17H15BrFNO3. The molecule has 1 N–H and O–H groups in total. The van der Waals surface area contributed by atoms with Crippen LogP contribution in [0.4, 0.5) is 10.1 Å². The molecule has 0 heterocycles. The number of esters is 1. The summed E-state index contributed by atoms with van der Waals surface area (Å²) < 4.78 is 19.0. The fraction of sp³-hybridized carbons (Fsp3) is 0.176. The number of carbonyl (C=O) groups is 2. The average molecular weight is 380 g/mol. The Morgan fingerprint density at radius 3 is 2.52 bits per heavy atom. The second-order valence-corrected chi connectivity index (χ2v) is 5.96. The van der Waals surface area contributed by atoms with Crippen molar-refractivity contribution in [1.82, 2.24) is 0 Å². The third-order valence-electron chi connectivity index (χ3n) is 3.28. The van der Waals surface area contributed by atoms with Crippen molar-refractivity contribution in [2.75, 3.05) is 11.9 Å². The van der Waals surface area contributed by atoms with Gasteiger partial charge in [0.25, 0.3) is 5.91 Å². The van der Waals surface area contributed by atoms with Crippen molar-refractivity contribution in [2.45, 2.75) is 13.8 Å². The van der Waals surface area contributed by atoms with Gasteiger partial charge < -0.3 is 10.1 Å². The van der Waals surface area contributed by atoms with Gasteiger partial charge in [0.05, 0.1) is 5.56 Å². The number of aryl methyl sites for hydroxylation is 2. The summed E-state index contributed by atoms with van der Waals surface area (Å²) in [6.07, 6.45) is 0. The number of halogens is 2. The van der Waals surface area contributed by atoms with Crippen molar-refractivity contribution < 1.29 is 18.7 Å². The first-order valence-electron chi connectivity index (χ1n) is 6.86. The maximum Gasteiger partial charge on any atom is 0.341 e. The summed E-state index contributed by atoms with van der Waals surface area (Å²) in [6, 6.07) is 9.44. The Labute approximate surface area is 141 Å². The number of hydrogen-bond acceptors (Lipinski definition) is 3. The van der Waals surface area contributed by atoms with E-state index in [2.05, 4.69) is 21.2 Å². The molecule has 0 saturated carbocycles. The molecule has 0 aliphatic carbocycles. The van der Waals surface area contributed by atoms with Gasteiger partial charge in [0.1, 0.15) is 5.82 Å². The standard InChI is InChI=1S/C17H15BrFNO3/c1-10-3-5-13(7-11(10)2)20-16(21)9-23-17(22)14-6-4-12(18)8-15(14)19/h3-8H,9H2,1-2H3,(H,20,21). The van der Waals surface area contributed by atoms with Crippen molar-refractivity contribution in [2.24, 2.45) is 0 Å². The molecule has 1 amide bonds. The van der Waals surface area contributed by atoms with Gasteiger partial charge in [0.2, 0.25) is 0 Å². The van der Waals surface area contributed by atoms with Gasteiger partial charge in [0, 0.05) is 10.2 Å². The maximum atomic E-state index is 13.6. The molecule has 0 spiro atoms. The molecule has 120 valence electrons. The largest absolute Gasteiger partial charge is 0.452 e. The minimum atomic E-state index is -0.884. The molecule has 0 unspecified atom stereocenters. The van der Waals surface area contributed by atoms with Gasteiger partial charge in [-0.05, 0) is 55.3 Å². The minimum absolute atomic E-state index is 0.216. The molecule has 2 aromatic rings. The number of anilines is 1. The van der Waals surface area contributed by atoms with Crippen molar-refractivity contribution in [3.8, 4) is 0 Å². The Hall–Kier alpha value is -2.21. The first-order chi connectivity index (χ1) is 10.9. The van der Waals surface area contributed by atoms with E-state index in [9.17, 15) is 14.0 Å². The van der Waals surface area contributed by atoms with Crippen LogP contribution in [0.25, 0.3) is 0 Å². The second kappa shape index (κ2) is 7.37. The molecule has 0 fully saturated rings. The normalized spacial score (nSPS) is 10.3. The van der Waals surface area contributed by atoms with Gasteiger partial charge in [0.15, 0.2) is 6.61 Å². The summed E-state index contributed by atoms with van der Waals surface area (Å²) in [6.45, 7) is 3.41. The van der Waals surface area contributed by atoms with Crippen molar-refractivity contribution in [3.05, 3.63) is 63.4 Å². The predicted molar refractivity (Wildman–Crippen MR) is 88.9 cm³/mol. The summed E-state index contributed by atoms with van der Waals surface area (Å²) in [7, 11) is 0. The fourth-order valence-corrected chi connectivity index (χ4v) is 2.21. The van der Waals surface area contributed by atoms with Crippen LogP contribution in [-0.2, 0) is 9.53 Å². The lowest BCUT2D eigenvalue weighted by Gasteiger charge is -2.09. The smallest absolute Gasteiger partial charge is 0.341 e. The van der Waals surface area contributed by atoms with E-state index in [0.717, 1.165) is 17.2 Å². The SMILES string of the molecule is Cc1ccc(NC(=O)COC(=O)c2ccc(Br)cc2F)cc1C. The Morgan fingerprint density at radius 1 is 1.13 bits per heavy atom. The summed E-state index contributed by atoms with van der Waals surface area (Å²) >= 11 is 3.10. The van der Waals surface area contributed by atoms with E-state index in [1.165, 1.54) is 12.1 Å². The maximum absolute atomic E-state index is 13.6. The Balaban J connectivity index is 1.93. The minimum Gasteiger partial charge on any atom is -0.452 e. The topological polar surface area (TPSA) is 55.4 Å². The van der Waals surface area contributed by atoms with E-state index in [4.69, 9.17) is 4.74 Å². The second-order valence-electron chi connectivity index (χ2n) is 5.05. The van der Waals surface area contributed by atoms with Crippen LogP contribution < -0.4 is 5.32 Å². The summed E-state index contributed by atoms with van der Waals surface area (Å²) in [5.74, 6) is -2.08. The first-order valence-corrected chi connectivity index (χ1v) is 7.65. The fourth-order valence-electron chi connectivity index (χ4n) is 1.88. The first kappa shape index (κ1) is 17.1. The number of amides is 1. The van der Waals surface area contributed by atoms with Crippen LogP contribution in [0.3, 0.4) is 0 Å². The van der Waals surface area contributed by atoms with E-state index in [0.29, 0.717) is 10.2 Å². The number of hydrogen-bond donors (Lipinski definition) is 1. The van der Waals surface area contributed by atoms with Crippen LogP contribution >= 0.6 is 15.9 Å². The highest BCUT2D eigenvalue weighted by atomic mass is 79.9. The van der Waals surface area contributed by atoms with Crippen molar-refractivity contribution in [3.63, 3.8) is 0 Å². The predicted octanol–water partition coefficient (Wildman–Crippen LogP) is 4.00. The average Bonchev–Trinajstić information content (AvgIpc) is 2.48. The lowest BCUT2D eigenvalue weighted by atomic mass is 10.1. The molecular weight excluding hydrogens is 365 g/mol. The van der Waals surface area contributed by atoms with Gasteiger partial charge in [-0.1, -0.05) is 22.0 Å². The molecule has 0 saturated heterocycles. The number of ether oxygens (including phenoxy) is 1. The Bertz CT molecular complexity index is 761. The van der Waals surface area contributed by atoms with E-state index >= 15 is 0 Å². The number of benzene rings is 2. The molecule has 23 heavy (non-hydrogen) atoms. The lowest BCUT2D eigenvalue weighted by Crippen LogP contribution is -2.21. The van der Waals surface area contributed by atoms with Crippen LogP contribution in [0.2, 0.25) is 0 Å². The monoisotopic (exact) mass is 379 g/mol. The Kier molecular flexibility index (Phi) is 5.50. The van der Waals surface area contributed by atoms with E-state index in [1.807, 2.05) is 26.0 Å². The summed E-state index contributed by atoms with van der Waals surface area (Å²) in [5.41, 5.74) is 2.55. The molecule has 2 rings (SSSR count). The van der Waals surface area contributed by atoms with Crippen LogP contribution in [0.15, 0.2) is 40.9 Å². The molecule has 0 radical (unpaired) electrons. The number of nitrogens with one attached hydrogen (secondary N) is 1. The quantitative estimate of drug-likeness (QED) is 0.816. The third-order valence-corrected chi connectivity index (χ3v) is 3.77. The van der Waals surface area contributed by atoms with Gasteiger partial charge in [-0.2, -0.15) is 0 Å². The molecule has 0 aliphatic heterocycles. The molecule has 0 aliphatic rings. The van der Waals surface area contributed by atoms with Crippen molar-refractivity contribution in [1.29, 1.82) is 0 Å². The zero-order valence-corrected chi connectivity index (χ0v) is 14.2. The summed E-state index contributed by atoms with van der Waals surface area (Å²) in [5, 5.41) is 2.62. The van der Waals surface area contributed by atoms with Crippen LogP contribution in [0.5, 0.6) is 0 Å². The van der Waals surface area contributed by atoms with E-state index in [-0.39, 0.29) is 5.56 Å². The molecule has 0 aromatic heterocycles. The molecule has 0 atom stereocenters. The molecule has 0 bridgehead atoms. The molecule has 2 aromatic carbocycles. The van der Waals surface area contributed by atoms with Gasteiger partial charge in [-0.25, -0.2) is 9.18 Å². The van der Waals surface area contributed by atoms with Gasteiger partial charge in [-0.3, -0.25) is 4.79 Å². The highest BCUT2D eigenvalue weighted by molar-refractivity contribution is 9.10. The summed E-state index contributed by atoms with van der Waals surface area (Å²) in [4.78, 5) is 23.6. The zero-order chi connectivity index (χ0) is 17.0. The molecule has 6 heteroatoms. The van der Waals surface area contributed by atoms with E-state index in [1.54, 1.807) is 6.07 Å². The molecule has 4 nitrogen and oxygen atoms in total. The van der Waals surface area contributed by atoms with Gasteiger partial charge in [-0.15, -0.1) is 0 Å². The van der Waals surface area contributed by atoms with E-state index < -0.39 is 24.3 Å². The third kappa shape index (κ3) is 4.63. The van der Waals surface area contributed by atoms with Crippen molar-refractivity contribution >= 4 is 33.5 Å². The van der Waals surface area contributed by atoms with Gasteiger partial charge >= 0.3 is 5.97 Å². The zero-order valence-electron chi connectivity index (χ0n) is 12.7. The Morgan fingerprint density at radius 2 is 1.87 bits per heavy atom. The lowest BCUT2D eigenvalue weighted by molar-refractivity contribution is -0.119. The van der Waals surface area contributed by atoms with Crippen LogP contribution in [0.1, 0.15) is 21.5 Å². The number of rotatable bonds is 4. The highest BCUT2D eigenvalue weighted by Crippen LogP contribution is 2.16. The van der Waals surface area contributed by atoms with Crippen LogP contribution in [0, 0.1) is 19.7 Å². The highest BCUT2D eigenvalue weighted by Gasteiger charge is 2.15. The van der Waals surface area contributed by atoms with Crippen LogP contribution in [-0.4, -0.2) is 18.5 Å².